The number of carbonyl (C=O) groups excluding carboxylic acids is 1. The van der Waals surface area contributed by atoms with Gasteiger partial charge in [-0.15, -0.1) is 0 Å². The van der Waals surface area contributed by atoms with E-state index < -0.39 is 0 Å². The van der Waals surface area contributed by atoms with Crippen molar-refractivity contribution in [2.24, 2.45) is 0 Å². The number of nitrogens with one attached hydrogen (secondary N) is 2. The second-order valence-corrected chi connectivity index (χ2v) is 5.42. The standard InChI is InChI=1S/C14H18N4OS/c1-9(2)15-12(19)8-18-13(16-17-14(18)20)11-6-4-5-10(3)7-11/h4-7,9H,8H2,1-3H3,(H,15,19)(H,17,20). The predicted molar refractivity (Wildman–Crippen MR) is 80.9 cm³/mol. The lowest BCUT2D eigenvalue weighted by Crippen LogP contribution is -2.33. The molecule has 0 unspecified atom stereocenters. The van der Waals surface area contributed by atoms with Crippen molar-refractivity contribution >= 4 is 18.1 Å². The first-order chi connectivity index (χ1) is 9.47. The Morgan fingerprint density at radius 1 is 1.50 bits per heavy atom. The average molecular weight is 290 g/mol. The van der Waals surface area contributed by atoms with Gasteiger partial charge in [0.25, 0.3) is 0 Å². The molecule has 106 valence electrons. The quantitative estimate of drug-likeness (QED) is 0.850. The van der Waals surface area contributed by atoms with E-state index in [1.807, 2.05) is 45.0 Å². The summed E-state index contributed by atoms with van der Waals surface area (Å²) in [6.45, 7) is 6.03. The van der Waals surface area contributed by atoms with Gasteiger partial charge in [0.15, 0.2) is 10.6 Å². The molecule has 2 aromatic rings. The summed E-state index contributed by atoms with van der Waals surface area (Å²) in [6, 6.07) is 8.05. The summed E-state index contributed by atoms with van der Waals surface area (Å²) in [7, 11) is 0. The third kappa shape index (κ3) is 3.33. The van der Waals surface area contributed by atoms with E-state index in [9.17, 15) is 4.79 Å². The number of nitrogens with zero attached hydrogens (tertiary/aromatic N) is 2. The van der Waals surface area contributed by atoms with Crippen LogP contribution in [0.15, 0.2) is 24.3 Å². The van der Waals surface area contributed by atoms with E-state index in [1.165, 1.54) is 0 Å². The highest BCUT2D eigenvalue weighted by Crippen LogP contribution is 2.18. The largest absolute Gasteiger partial charge is 0.352 e. The molecule has 0 atom stereocenters. The molecule has 0 saturated heterocycles. The van der Waals surface area contributed by atoms with Gasteiger partial charge in [0.1, 0.15) is 6.54 Å². The van der Waals surface area contributed by atoms with Crippen molar-refractivity contribution in [1.82, 2.24) is 20.1 Å². The Bertz CT molecular complexity index is 672. The molecular formula is C14H18N4OS. The normalized spacial score (nSPS) is 10.8. The number of amides is 1. The SMILES string of the molecule is Cc1cccc(-c2n[nH]c(=S)n2CC(=O)NC(C)C)c1. The highest BCUT2D eigenvalue weighted by atomic mass is 32.1. The highest BCUT2D eigenvalue weighted by molar-refractivity contribution is 7.71. The summed E-state index contributed by atoms with van der Waals surface area (Å²) in [5.41, 5.74) is 2.07. The Hall–Kier alpha value is -1.95. The molecule has 1 aromatic heterocycles. The summed E-state index contributed by atoms with van der Waals surface area (Å²) < 4.78 is 2.15. The Labute approximate surface area is 123 Å². The van der Waals surface area contributed by atoms with E-state index in [-0.39, 0.29) is 18.5 Å². The molecule has 2 N–H and O–H groups in total. The molecule has 20 heavy (non-hydrogen) atoms. The molecule has 0 radical (unpaired) electrons. The number of hydrogen-bond acceptors (Lipinski definition) is 3. The van der Waals surface area contributed by atoms with Crippen LogP contribution in [-0.4, -0.2) is 26.7 Å². The minimum atomic E-state index is -0.0774. The van der Waals surface area contributed by atoms with Gasteiger partial charge in [-0.2, -0.15) is 5.10 Å². The van der Waals surface area contributed by atoms with Gasteiger partial charge in [0, 0.05) is 11.6 Å². The molecule has 1 aromatic carbocycles. The third-order valence-corrected chi connectivity index (χ3v) is 3.10. The molecule has 0 bridgehead atoms. The Morgan fingerprint density at radius 3 is 2.90 bits per heavy atom. The summed E-state index contributed by atoms with van der Waals surface area (Å²) in [5.74, 6) is 0.601. The number of aryl methyl sites for hydroxylation is 1. The lowest BCUT2D eigenvalue weighted by molar-refractivity contribution is -0.122. The van der Waals surface area contributed by atoms with Crippen LogP contribution in [0, 0.1) is 11.7 Å². The first kappa shape index (κ1) is 14.5. The highest BCUT2D eigenvalue weighted by Gasteiger charge is 2.12. The lowest BCUT2D eigenvalue weighted by atomic mass is 10.1. The number of aromatic amines is 1. The van der Waals surface area contributed by atoms with Crippen molar-refractivity contribution in [1.29, 1.82) is 0 Å². The fourth-order valence-electron chi connectivity index (χ4n) is 1.98. The molecule has 5 nitrogen and oxygen atoms in total. The van der Waals surface area contributed by atoms with Crippen LogP contribution in [-0.2, 0) is 11.3 Å². The van der Waals surface area contributed by atoms with E-state index in [4.69, 9.17) is 12.2 Å². The van der Waals surface area contributed by atoms with Gasteiger partial charge in [-0.1, -0.05) is 23.8 Å². The molecule has 0 fully saturated rings. The van der Waals surface area contributed by atoms with E-state index in [2.05, 4.69) is 15.5 Å². The van der Waals surface area contributed by atoms with Gasteiger partial charge in [-0.3, -0.25) is 14.5 Å². The fraction of sp³-hybridized carbons (Fsp3) is 0.357. The molecule has 6 heteroatoms. The van der Waals surface area contributed by atoms with Crippen LogP contribution in [0.5, 0.6) is 0 Å². The van der Waals surface area contributed by atoms with Crippen LogP contribution in [0.4, 0.5) is 0 Å². The van der Waals surface area contributed by atoms with E-state index >= 15 is 0 Å². The summed E-state index contributed by atoms with van der Waals surface area (Å²) >= 11 is 5.20. The zero-order chi connectivity index (χ0) is 14.7. The van der Waals surface area contributed by atoms with Crippen molar-refractivity contribution in [2.45, 2.75) is 33.4 Å². The van der Waals surface area contributed by atoms with Crippen molar-refractivity contribution in [3.63, 3.8) is 0 Å². The van der Waals surface area contributed by atoms with Gasteiger partial charge < -0.3 is 5.32 Å². The van der Waals surface area contributed by atoms with Gasteiger partial charge in [0.05, 0.1) is 0 Å². The number of rotatable bonds is 4. The zero-order valence-corrected chi connectivity index (χ0v) is 12.6. The van der Waals surface area contributed by atoms with E-state index in [0.717, 1.165) is 11.1 Å². The van der Waals surface area contributed by atoms with Crippen molar-refractivity contribution < 1.29 is 4.79 Å². The van der Waals surface area contributed by atoms with Crippen molar-refractivity contribution in [3.8, 4) is 11.4 Å². The summed E-state index contributed by atoms with van der Waals surface area (Å²) in [5, 5.41) is 9.83. The minimum Gasteiger partial charge on any atom is -0.352 e. The maximum absolute atomic E-state index is 11.9. The molecule has 0 aliphatic heterocycles. The molecule has 2 rings (SSSR count). The summed E-state index contributed by atoms with van der Waals surface area (Å²) in [4.78, 5) is 11.9. The van der Waals surface area contributed by atoms with Crippen LogP contribution in [0.2, 0.25) is 0 Å². The van der Waals surface area contributed by atoms with Gasteiger partial charge in [0.2, 0.25) is 5.91 Å². The topological polar surface area (TPSA) is 62.7 Å². The second kappa shape index (κ2) is 6.00. The van der Waals surface area contributed by atoms with Crippen LogP contribution in [0.1, 0.15) is 19.4 Å². The molecule has 1 heterocycles. The number of H-pyrrole nitrogens is 1. The molecule has 0 aliphatic rings. The molecule has 0 spiro atoms. The van der Waals surface area contributed by atoms with Gasteiger partial charge in [-0.25, -0.2) is 0 Å². The number of hydrogen-bond donors (Lipinski definition) is 2. The lowest BCUT2D eigenvalue weighted by Gasteiger charge is -2.10. The van der Waals surface area contributed by atoms with Crippen LogP contribution < -0.4 is 5.32 Å². The van der Waals surface area contributed by atoms with Crippen LogP contribution in [0.25, 0.3) is 11.4 Å². The third-order valence-electron chi connectivity index (χ3n) is 2.79. The van der Waals surface area contributed by atoms with Crippen LogP contribution in [0.3, 0.4) is 0 Å². The van der Waals surface area contributed by atoms with E-state index in [0.29, 0.717) is 10.6 Å². The molecule has 1 amide bonds. The van der Waals surface area contributed by atoms with Gasteiger partial charge in [-0.05, 0) is 39.1 Å². The van der Waals surface area contributed by atoms with Gasteiger partial charge >= 0.3 is 0 Å². The Kier molecular flexibility index (Phi) is 4.34. The number of carbonyl (C=O) groups is 1. The Balaban J connectivity index is 2.33. The number of benzene rings is 1. The maximum atomic E-state index is 11.9. The molecule has 0 saturated carbocycles. The zero-order valence-electron chi connectivity index (χ0n) is 11.8. The minimum absolute atomic E-state index is 0.0774. The van der Waals surface area contributed by atoms with Crippen LogP contribution >= 0.6 is 12.2 Å². The monoisotopic (exact) mass is 290 g/mol. The first-order valence-corrected chi connectivity index (χ1v) is 6.90. The van der Waals surface area contributed by atoms with Crippen molar-refractivity contribution in [2.75, 3.05) is 0 Å². The van der Waals surface area contributed by atoms with E-state index in [1.54, 1.807) is 4.57 Å². The Morgan fingerprint density at radius 2 is 2.25 bits per heavy atom. The fourth-order valence-corrected chi connectivity index (χ4v) is 2.18. The molecule has 0 aliphatic carbocycles. The second-order valence-electron chi connectivity index (χ2n) is 5.03. The maximum Gasteiger partial charge on any atom is 0.240 e. The van der Waals surface area contributed by atoms with Crippen molar-refractivity contribution in [3.05, 3.63) is 34.6 Å². The summed E-state index contributed by atoms with van der Waals surface area (Å²) in [6.07, 6.45) is 0. The molecular weight excluding hydrogens is 272 g/mol. The first-order valence-electron chi connectivity index (χ1n) is 6.49. The number of aromatic nitrogens is 3. The average Bonchev–Trinajstić information content (AvgIpc) is 2.70. The smallest absolute Gasteiger partial charge is 0.240 e. The predicted octanol–water partition coefficient (Wildman–Crippen LogP) is 2.44.